The van der Waals surface area contributed by atoms with Crippen LogP contribution in [0.3, 0.4) is 0 Å². The molecule has 0 aromatic carbocycles. The second kappa shape index (κ2) is 1.51. The van der Waals surface area contributed by atoms with E-state index in [-0.39, 0.29) is 0 Å². The first-order valence-corrected chi connectivity index (χ1v) is 1.66. The summed E-state index contributed by atoms with van der Waals surface area (Å²) in [4.78, 5) is 13.1. The highest BCUT2D eigenvalue weighted by molar-refractivity contribution is 5.48. The molecule has 0 aliphatic heterocycles. The van der Waals surface area contributed by atoms with Crippen LogP contribution >= 0.6 is 0 Å². The van der Waals surface area contributed by atoms with E-state index in [2.05, 4.69) is 10.1 Å². The Balaban J connectivity index is 2.96. The number of aromatic nitrogens is 3. The third-order valence-electron chi connectivity index (χ3n) is 0.512. The number of carbonyl (C=O) groups excluding carboxylic acids is 1. The molecular formula is C3H2N3O. The molecule has 1 rings (SSSR count). The van der Waals surface area contributed by atoms with Crippen LogP contribution in [-0.4, -0.2) is 21.2 Å². The molecule has 0 atom stereocenters. The van der Waals surface area contributed by atoms with Gasteiger partial charge in [-0.05, 0) is 0 Å². The molecule has 0 N–H and O–H groups in total. The smallest absolute Gasteiger partial charge is 0.261 e. The van der Waals surface area contributed by atoms with Crippen LogP contribution < -0.4 is 0 Å². The van der Waals surface area contributed by atoms with Crippen LogP contribution in [0, 0.1) is 0 Å². The highest BCUT2D eigenvalue weighted by Crippen LogP contribution is 1.66. The van der Waals surface area contributed by atoms with Gasteiger partial charge in [-0.1, -0.05) is 0 Å². The van der Waals surface area contributed by atoms with E-state index >= 15 is 0 Å². The molecule has 0 aliphatic rings. The lowest BCUT2D eigenvalue weighted by Crippen LogP contribution is -1.92. The molecule has 0 aliphatic carbocycles. The third kappa shape index (κ3) is 0.623. The van der Waals surface area contributed by atoms with Gasteiger partial charge in [-0.25, -0.2) is 4.98 Å². The summed E-state index contributed by atoms with van der Waals surface area (Å²) in [7, 11) is 0. The van der Waals surface area contributed by atoms with Gasteiger partial charge in [-0.2, -0.15) is 9.78 Å². The first-order valence-electron chi connectivity index (χ1n) is 1.66. The summed E-state index contributed by atoms with van der Waals surface area (Å²) in [6.07, 6.45) is 4.04. The van der Waals surface area contributed by atoms with Crippen LogP contribution in [0.4, 0.5) is 0 Å². The maximum Gasteiger partial charge on any atom is 0.340 e. The number of nitrogens with zero attached hydrogens (tertiary/aromatic N) is 3. The normalized spacial score (nSPS) is 8.57. The van der Waals surface area contributed by atoms with Gasteiger partial charge < -0.3 is 0 Å². The van der Waals surface area contributed by atoms with E-state index in [4.69, 9.17) is 0 Å². The molecule has 1 aromatic rings. The molecule has 0 unspecified atom stereocenters. The Morgan fingerprint density at radius 1 is 1.71 bits per heavy atom. The fourth-order valence-electron chi connectivity index (χ4n) is 0.255. The van der Waals surface area contributed by atoms with Crippen molar-refractivity contribution in [2.24, 2.45) is 0 Å². The maximum absolute atomic E-state index is 9.60. The molecule has 1 aromatic heterocycles. The minimum absolute atomic E-state index is 0.958. The maximum atomic E-state index is 9.60. The van der Waals surface area contributed by atoms with E-state index in [9.17, 15) is 4.79 Å². The van der Waals surface area contributed by atoms with E-state index in [0.29, 0.717) is 0 Å². The van der Waals surface area contributed by atoms with Crippen molar-refractivity contribution in [2.75, 3.05) is 0 Å². The molecular weight excluding hydrogens is 94.1 g/mol. The first kappa shape index (κ1) is 3.98. The van der Waals surface area contributed by atoms with Crippen molar-refractivity contribution in [3.63, 3.8) is 0 Å². The Morgan fingerprint density at radius 3 is 2.86 bits per heavy atom. The Kier molecular flexibility index (Phi) is 0.856. The van der Waals surface area contributed by atoms with Crippen molar-refractivity contribution >= 4 is 6.41 Å². The minimum Gasteiger partial charge on any atom is -0.261 e. The van der Waals surface area contributed by atoms with Gasteiger partial charge >= 0.3 is 6.41 Å². The van der Waals surface area contributed by atoms with E-state index < -0.39 is 0 Å². The van der Waals surface area contributed by atoms with Crippen LogP contribution in [0.25, 0.3) is 0 Å². The average Bonchev–Trinajstić information content (AvgIpc) is 2.14. The summed E-state index contributed by atoms with van der Waals surface area (Å²) in [5.41, 5.74) is 0. The molecule has 1 heterocycles. The predicted molar refractivity (Wildman–Crippen MR) is 21.1 cm³/mol. The summed E-state index contributed by atoms with van der Waals surface area (Å²) < 4.78 is 0.958. The zero-order chi connectivity index (χ0) is 5.11. The second-order valence-corrected chi connectivity index (χ2v) is 0.931. The van der Waals surface area contributed by atoms with Crippen LogP contribution in [-0.2, 0) is 4.79 Å². The van der Waals surface area contributed by atoms with Crippen LogP contribution in [0.5, 0.6) is 0 Å². The highest BCUT2D eigenvalue weighted by Gasteiger charge is 1.80. The average molecular weight is 96.1 g/mol. The molecule has 1 radical (unpaired) electrons. The Morgan fingerprint density at radius 2 is 2.57 bits per heavy atom. The second-order valence-electron chi connectivity index (χ2n) is 0.931. The molecule has 4 heteroatoms. The molecule has 0 amide bonds. The largest absolute Gasteiger partial charge is 0.340 e. The van der Waals surface area contributed by atoms with E-state index in [1.165, 1.54) is 19.1 Å². The van der Waals surface area contributed by atoms with Gasteiger partial charge in [-0.15, -0.1) is 0 Å². The summed E-state index contributed by atoms with van der Waals surface area (Å²) in [5.74, 6) is 0. The quantitative estimate of drug-likeness (QED) is 0.459. The van der Waals surface area contributed by atoms with E-state index in [1.54, 1.807) is 0 Å². The Bertz CT molecular complexity index is 145. The fourth-order valence-corrected chi connectivity index (χ4v) is 0.255. The standard InChI is InChI=1S/C3H2N3O/c7-3-6-2-4-1-5-6/h1-2H. The van der Waals surface area contributed by atoms with Gasteiger partial charge in [-0.3, -0.25) is 4.79 Å². The lowest BCUT2D eigenvalue weighted by Gasteiger charge is -1.71. The highest BCUT2D eigenvalue weighted by atomic mass is 16.1. The van der Waals surface area contributed by atoms with Crippen molar-refractivity contribution in [1.82, 2.24) is 14.8 Å². The van der Waals surface area contributed by atoms with Crippen LogP contribution in [0.2, 0.25) is 0 Å². The summed E-state index contributed by atoms with van der Waals surface area (Å²) in [6.45, 7) is 0. The zero-order valence-corrected chi connectivity index (χ0v) is 3.40. The van der Waals surface area contributed by atoms with Gasteiger partial charge in [0.25, 0.3) is 0 Å². The molecule has 0 saturated heterocycles. The SMILES string of the molecule is O=[C]n1cncn1. The number of hydrogen-bond donors (Lipinski definition) is 0. The Hall–Kier alpha value is -1.19. The molecule has 4 nitrogen and oxygen atoms in total. The summed E-state index contributed by atoms with van der Waals surface area (Å²) in [5, 5.41) is 3.42. The van der Waals surface area contributed by atoms with E-state index in [1.807, 2.05) is 0 Å². The first-order chi connectivity index (χ1) is 3.43. The molecule has 0 spiro atoms. The van der Waals surface area contributed by atoms with Crippen molar-refractivity contribution in [3.8, 4) is 0 Å². The van der Waals surface area contributed by atoms with Gasteiger partial charge in [0.05, 0.1) is 0 Å². The van der Waals surface area contributed by atoms with Gasteiger partial charge in [0.15, 0.2) is 0 Å². The Labute approximate surface area is 39.8 Å². The van der Waals surface area contributed by atoms with Crippen molar-refractivity contribution in [3.05, 3.63) is 12.7 Å². The lowest BCUT2D eigenvalue weighted by molar-refractivity contribution is 0.540. The van der Waals surface area contributed by atoms with E-state index in [0.717, 1.165) is 4.68 Å². The fraction of sp³-hybridized carbons (Fsp3) is 0. The predicted octanol–water partition coefficient (Wildman–Crippen LogP) is -0.807. The molecule has 0 fully saturated rings. The summed E-state index contributed by atoms with van der Waals surface area (Å²) in [6, 6.07) is 0. The van der Waals surface area contributed by atoms with Crippen molar-refractivity contribution in [2.45, 2.75) is 0 Å². The zero-order valence-electron chi connectivity index (χ0n) is 3.40. The van der Waals surface area contributed by atoms with Crippen LogP contribution in [0.15, 0.2) is 12.7 Å². The topological polar surface area (TPSA) is 47.8 Å². The van der Waals surface area contributed by atoms with Crippen molar-refractivity contribution < 1.29 is 4.79 Å². The van der Waals surface area contributed by atoms with Gasteiger partial charge in [0, 0.05) is 0 Å². The third-order valence-corrected chi connectivity index (χ3v) is 0.512. The molecule has 35 valence electrons. The molecule has 0 bridgehead atoms. The molecule has 0 saturated carbocycles. The minimum atomic E-state index is 0.958. The van der Waals surface area contributed by atoms with Crippen LogP contribution in [0.1, 0.15) is 0 Å². The van der Waals surface area contributed by atoms with Gasteiger partial charge in [0.2, 0.25) is 0 Å². The molecule has 7 heavy (non-hydrogen) atoms. The monoisotopic (exact) mass is 96.0 g/mol. The summed E-state index contributed by atoms with van der Waals surface area (Å²) >= 11 is 0. The lowest BCUT2D eigenvalue weighted by atomic mass is 11.2. The number of rotatable bonds is 1. The van der Waals surface area contributed by atoms with Gasteiger partial charge in [0.1, 0.15) is 12.7 Å². The van der Waals surface area contributed by atoms with Crippen molar-refractivity contribution in [1.29, 1.82) is 0 Å². The number of hydrogen-bond acceptors (Lipinski definition) is 3.